The van der Waals surface area contributed by atoms with Gasteiger partial charge in [0.05, 0.1) is 7.11 Å². The minimum Gasteiger partial charge on any atom is -0.497 e. The van der Waals surface area contributed by atoms with Gasteiger partial charge in [0, 0.05) is 31.9 Å². The van der Waals surface area contributed by atoms with Gasteiger partial charge in [-0.2, -0.15) is 0 Å². The Labute approximate surface area is 119 Å². The average Bonchev–Trinajstić information content (AvgIpc) is 2.48. The van der Waals surface area contributed by atoms with Crippen molar-refractivity contribution in [3.05, 3.63) is 24.3 Å². The third kappa shape index (κ3) is 6.48. The molecule has 0 saturated carbocycles. The number of nitrogens with one attached hydrogen (secondary N) is 1. The van der Waals surface area contributed by atoms with Crippen LogP contribution in [0.5, 0.6) is 5.75 Å². The average molecular weight is 266 g/mol. The first-order valence-corrected chi connectivity index (χ1v) is 6.91. The van der Waals surface area contributed by atoms with Crippen LogP contribution >= 0.6 is 0 Å². The summed E-state index contributed by atoms with van der Waals surface area (Å²) in [5.41, 5.74) is 1.28. The van der Waals surface area contributed by atoms with Gasteiger partial charge in [0.25, 0.3) is 0 Å². The molecule has 19 heavy (non-hydrogen) atoms. The van der Waals surface area contributed by atoms with E-state index in [-0.39, 0.29) is 7.43 Å². The Bertz CT molecular complexity index is 303. The third-order valence-electron chi connectivity index (χ3n) is 3.05. The quantitative estimate of drug-likeness (QED) is 0.905. The molecule has 1 aliphatic heterocycles. The second kappa shape index (κ2) is 10.7. The SMILES string of the molecule is C.CCCC.COc1ccc(N2CCNCC2)cc1. The maximum absolute atomic E-state index is 5.13. The molecule has 1 fully saturated rings. The van der Waals surface area contributed by atoms with E-state index in [4.69, 9.17) is 4.74 Å². The van der Waals surface area contributed by atoms with E-state index >= 15 is 0 Å². The Morgan fingerprint density at radius 1 is 1.05 bits per heavy atom. The van der Waals surface area contributed by atoms with Gasteiger partial charge in [-0.25, -0.2) is 0 Å². The van der Waals surface area contributed by atoms with Crippen LogP contribution in [0.15, 0.2) is 24.3 Å². The third-order valence-corrected chi connectivity index (χ3v) is 3.05. The van der Waals surface area contributed by atoms with Gasteiger partial charge in [-0.05, 0) is 24.3 Å². The highest BCUT2D eigenvalue weighted by atomic mass is 16.5. The molecule has 0 aromatic heterocycles. The van der Waals surface area contributed by atoms with E-state index in [1.54, 1.807) is 7.11 Å². The van der Waals surface area contributed by atoms with Gasteiger partial charge >= 0.3 is 0 Å². The molecule has 1 N–H and O–H groups in total. The number of hydrogen-bond acceptors (Lipinski definition) is 3. The van der Waals surface area contributed by atoms with E-state index in [0.29, 0.717) is 0 Å². The number of unbranched alkanes of at least 4 members (excludes halogenated alkanes) is 1. The van der Waals surface area contributed by atoms with Gasteiger partial charge in [0.2, 0.25) is 0 Å². The smallest absolute Gasteiger partial charge is 0.119 e. The van der Waals surface area contributed by atoms with Crippen molar-refractivity contribution >= 4 is 5.69 Å². The van der Waals surface area contributed by atoms with Crippen molar-refractivity contribution in [2.24, 2.45) is 0 Å². The zero-order valence-electron chi connectivity index (χ0n) is 11.9. The highest BCUT2D eigenvalue weighted by molar-refractivity contribution is 5.49. The van der Waals surface area contributed by atoms with Crippen molar-refractivity contribution in [3.63, 3.8) is 0 Å². The van der Waals surface area contributed by atoms with Crippen LogP contribution in [-0.2, 0) is 0 Å². The molecule has 3 heteroatoms. The lowest BCUT2D eigenvalue weighted by molar-refractivity contribution is 0.415. The number of hydrogen-bond donors (Lipinski definition) is 1. The van der Waals surface area contributed by atoms with E-state index in [9.17, 15) is 0 Å². The minimum absolute atomic E-state index is 0. The van der Waals surface area contributed by atoms with Gasteiger partial charge in [-0.15, -0.1) is 0 Å². The molecular formula is C16H30N2O. The van der Waals surface area contributed by atoms with Crippen LogP contribution in [0.2, 0.25) is 0 Å². The summed E-state index contributed by atoms with van der Waals surface area (Å²) in [5, 5.41) is 3.34. The van der Waals surface area contributed by atoms with E-state index in [0.717, 1.165) is 31.9 Å². The molecule has 2 rings (SSSR count). The normalized spacial score (nSPS) is 13.9. The van der Waals surface area contributed by atoms with Crippen molar-refractivity contribution < 1.29 is 4.74 Å². The Balaban J connectivity index is 0.000000576. The standard InChI is InChI=1S/C11H16N2O.C4H10.CH4/c1-14-11-4-2-10(3-5-11)13-8-6-12-7-9-13;1-3-4-2;/h2-5,12H,6-9H2,1H3;3-4H2,1-2H3;1H4. The second-order valence-electron chi connectivity index (χ2n) is 4.44. The highest BCUT2D eigenvalue weighted by Crippen LogP contribution is 2.19. The molecule has 0 spiro atoms. The van der Waals surface area contributed by atoms with Crippen LogP contribution in [0, 0.1) is 0 Å². The number of ether oxygens (including phenoxy) is 1. The lowest BCUT2D eigenvalue weighted by Crippen LogP contribution is -2.43. The number of rotatable bonds is 3. The molecule has 0 amide bonds. The van der Waals surface area contributed by atoms with Crippen molar-refractivity contribution in [1.82, 2.24) is 5.32 Å². The first-order chi connectivity index (χ1) is 8.81. The first kappa shape index (κ1) is 17.8. The molecule has 0 unspecified atom stereocenters. The molecule has 0 aliphatic carbocycles. The number of methoxy groups -OCH3 is 1. The largest absolute Gasteiger partial charge is 0.497 e. The lowest BCUT2D eigenvalue weighted by atomic mass is 10.2. The minimum atomic E-state index is 0. The Morgan fingerprint density at radius 3 is 2.00 bits per heavy atom. The van der Waals surface area contributed by atoms with Gasteiger partial charge < -0.3 is 15.0 Å². The Kier molecular flexibility index (Phi) is 9.99. The highest BCUT2D eigenvalue weighted by Gasteiger charge is 2.09. The van der Waals surface area contributed by atoms with Crippen LogP contribution in [0.3, 0.4) is 0 Å². The molecule has 110 valence electrons. The summed E-state index contributed by atoms with van der Waals surface area (Å²) in [6.45, 7) is 8.69. The fourth-order valence-corrected chi connectivity index (χ4v) is 1.72. The maximum atomic E-state index is 5.13. The van der Waals surface area contributed by atoms with Crippen molar-refractivity contribution in [1.29, 1.82) is 0 Å². The van der Waals surface area contributed by atoms with Crippen LogP contribution in [0.1, 0.15) is 34.1 Å². The molecule has 1 aliphatic rings. The first-order valence-electron chi connectivity index (χ1n) is 6.91. The molecule has 1 aromatic carbocycles. The number of nitrogens with zero attached hydrogens (tertiary/aromatic N) is 1. The second-order valence-corrected chi connectivity index (χ2v) is 4.44. The van der Waals surface area contributed by atoms with Crippen LogP contribution in [0.4, 0.5) is 5.69 Å². The fraction of sp³-hybridized carbons (Fsp3) is 0.625. The van der Waals surface area contributed by atoms with E-state index in [2.05, 4.69) is 36.2 Å². The molecule has 1 heterocycles. The predicted molar refractivity (Wildman–Crippen MR) is 85.4 cm³/mol. The molecule has 3 nitrogen and oxygen atoms in total. The van der Waals surface area contributed by atoms with Crippen LogP contribution < -0.4 is 15.0 Å². The molecule has 0 radical (unpaired) electrons. The topological polar surface area (TPSA) is 24.5 Å². The summed E-state index contributed by atoms with van der Waals surface area (Å²) >= 11 is 0. The number of benzene rings is 1. The monoisotopic (exact) mass is 266 g/mol. The summed E-state index contributed by atoms with van der Waals surface area (Å²) in [6, 6.07) is 8.25. The summed E-state index contributed by atoms with van der Waals surface area (Å²) in [7, 11) is 1.69. The van der Waals surface area contributed by atoms with E-state index in [1.807, 2.05) is 12.1 Å². The van der Waals surface area contributed by atoms with Crippen molar-refractivity contribution in [2.75, 3.05) is 38.2 Å². The van der Waals surface area contributed by atoms with Crippen molar-refractivity contribution in [2.45, 2.75) is 34.1 Å². The molecule has 0 bridgehead atoms. The summed E-state index contributed by atoms with van der Waals surface area (Å²) in [4.78, 5) is 2.38. The number of piperazine rings is 1. The molecule has 1 aromatic rings. The van der Waals surface area contributed by atoms with Gasteiger partial charge in [-0.3, -0.25) is 0 Å². The summed E-state index contributed by atoms with van der Waals surface area (Å²) < 4.78 is 5.13. The van der Waals surface area contributed by atoms with E-state index < -0.39 is 0 Å². The zero-order valence-corrected chi connectivity index (χ0v) is 11.9. The molecular weight excluding hydrogens is 236 g/mol. The van der Waals surface area contributed by atoms with Gasteiger partial charge in [-0.1, -0.05) is 34.1 Å². The summed E-state index contributed by atoms with van der Waals surface area (Å²) in [6.07, 6.45) is 2.64. The molecule has 0 atom stereocenters. The van der Waals surface area contributed by atoms with E-state index in [1.165, 1.54) is 18.5 Å². The maximum Gasteiger partial charge on any atom is 0.119 e. The fourth-order valence-electron chi connectivity index (χ4n) is 1.72. The predicted octanol–water partition coefficient (Wildman–Crippen LogP) is 3.55. The number of anilines is 1. The van der Waals surface area contributed by atoms with Crippen LogP contribution in [0.25, 0.3) is 0 Å². The van der Waals surface area contributed by atoms with Gasteiger partial charge in [0.1, 0.15) is 5.75 Å². The van der Waals surface area contributed by atoms with Crippen molar-refractivity contribution in [3.8, 4) is 5.75 Å². The Morgan fingerprint density at radius 2 is 1.58 bits per heavy atom. The zero-order chi connectivity index (χ0) is 13.2. The summed E-state index contributed by atoms with van der Waals surface area (Å²) in [5.74, 6) is 0.920. The molecule has 1 saturated heterocycles. The van der Waals surface area contributed by atoms with Crippen LogP contribution in [-0.4, -0.2) is 33.3 Å². The lowest BCUT2D eigenvalue weighted by Gasteiger charge is -2.29. The Hall–Kier alpha value is -1.22. The van der Waals surface area contributed by atoms with Gasteiger partial charge in [0.15, 0.2) is 0 Å².